The van der Waals surface area contributed by atoms with Gasteiger partial charge < -0.3 is 45.6 Å². The number of hydrogen-bond donors (Lipinski definition) is 2. The molecule has 22 nitrogen and oxygen atoms in total. The standard InChI is InChI=1S/C29H26N6O2.C16H20N2O3.C14H12N4O.C5H4BrN.C5H12ClN.C4H8O.C4H9O.K.Na.H/c1-33(2)15-8-16-34-18-22(20-10-3-5-12-23(20)34)25-26(29(37)31-28(25)36)27-21-11-4-6-13-24(21)35(32-27)19-9-7-14-30-17-19;1-17(2)9-6-10-18-11-13(15(19)16(20)21-3)12-7-4-5-8-14(12)18;15-14(19)8-12-11-5-1-2-6-13(11)18(17-12)10-4-3-7-16-9-10;6-5-2-1-3-7-4-5;1-7(2)5-3-4-6;1-2-4-5-3-1;1-4(2,3)5;;;/h3-7,9-14,17-18H,8,15-16H2,1-2H3,(H,31,36,37);4-5,7-8,11H,6,9-10H2,1-3H3;1-7,9H,8H2,(H2,15,19);1-4H;3-5H2,1-2H3;1-4H2;1-3H3;;;/q;;;;;;-1;2*+1;-1. The fraction of sp³-hybridized carbons (Fsp3) is 0.325. The Morgan fingerprint density at radius 1 is 0.621 bits per heavy atom. The largest absolute Gasteiger partial charge is 1.00 e. The predicted molar refractivity (Wildman–Crippen MR) is 404 cm³/mol. The van der Waals surface area contributed by atoms with E-state index in [0.29, 0.717) is 28.1 Å². The maximum absolute atomic E-state index is 13.3. The van der Waals surface area contributed by atoms with Crippen LogP contribution in [0.2, 0.25) is 0 Å². The molecule has 0 atom stereocenters. The number of Topliss-reactive ketones (excluding diaryl/α,β-unsaturated/α-hetero) is 1. The summed E-state index contributed by atoms with van der Waals surface area (Å²) >= 11 is 8.67. The Hall–Kier alpha value is -6.95. The smallest absolute Gasteiger partial charge is 1.00 e. The number of alkyl halides is 1. The number of carbonyl (C=O) groups is 5. The summed E-state index contributed by atoms with van der Waals surface area (Å²) in [7, 11) is 13.5. The van der Waals surface area contributed by atoms with E-state index in [4.69, 9.17) is 27.2 Å². The van der Waals surface area contributed by atoms with Crippen molar-refractivity contribution in [1.29, 1.82) is 0 Å². The van der Waals surface area contributed by atoms with E-state index in [2.05, 4.69) is 85.5 Å². The quantitative estimate of drug-likeness (QED) is 0.0257. The molecule has 2 aliphatic heterocycles. The van der Waals surface area contributed by atoms with Gasteiger partial charge >= 0.3 is 86.9 Å². The van der Waals surface area contributed by atoms with E-state index in [9.17, 15) is 29.1 Å². The van der Waals surface area contributed by atoms with Crippen LogP contribution in [0.5, 0.6) is 0 Å². The number of fused-ring (bicyclic) bond motifs is 4. The summed E-state index contributed by atoms with van der Waals surface area (Å²) in [4.78, 5) is 79.8. The number of halogens is 2. The number of rotatable bonds is 19. The molecular weight excluding hydrogens is 1430 g/mol. The monoisotopic (exact) mass is 1520 g/mol. The molecule has 7 aromatic heterocycles. The van der Waals surface area contributed by atoms with Gasteiger partial charge in [-0.1, -0.05) is 93.6 Å². The van der Waals surface area contributed by atoms with Crippen molar-refractivity contribution >= 4 is 112 Å². The number of imide groups is 1. The molecular formula is C77H92BrClKN14NaO8. The average molecular weight is 1520 g/mol. The number of nitrogens with zero attached hydrogens (tertiary/aromatic N) is 12. The zero-order chi connectivity index (χ0) is 73.0. The van der Waals surface area contributed by atoms with Gasteiger partial charge in [-0.2, -0.15) is 10.2 Å². The van der Waals surface area contributed by atoms with Crippen LogP contribution in [0.3, 0.4) is 0 Å². The number of nitrogens with one attached hydrogen (secondary N) is 1. The number of aromatic nitrogens is 9. The van der Waals surface area contributed by atoms with Gasteiger partial charge in [0.2, 0.25) is 5.91 Å². The average Bonchev–Trinajstić information content (AvgIpc) is 1.58. The molecule has 0 bridgehead atoms. The topological polar surface area (TPSA) is 259 Å². The first-order chi connectivity index (χ1) is 48.5. The first-order valence-corrected chi connectivity index (χ1v) is 34.6. The van der Waals surface area contributed by atoms with Crippen LogP contribution in [-0.4, -0.2) is 182 Å². The minimum atomic E-state index is -0.828. The normalized spacial score (nSPS) is 12.3. The number of amides is 3. The van der Waals surface area contributed by atoms with E-state index >= 15 is 0 Å². The van der Waals surface area contributed by atoms with E-state index in [1.807, 2.05) is 166 Å². The third-order valence-corrected chi connectivity index (χ3v) is 15.9. The summed E-state index contributed by atoms with van der Waals surface area (Å²) in [5, 5.41) is 25.4. The van der Waals surface area contributed by atoms with Crippen molar-refractivity contribution in [3.05, 3.63) is 210 Å². The molecule has 3 N–H and O–H groups in total. The number of aryl methyl sites for hydroxylation is 2. The van der Waals surface area contributed by atoms with Crippen molar-refractivity contribution in [3.8, 4) is 11.4 Å². The van der Waals surface area contributed by atoms with Gasteiger partial charge in [0.1, 0.15) is 5.69 Å². The van der Waals surface area contributed by atoms with Gasteiger partial charge in [0.15, 0.2) is 0 Å². The van der Waals surface area contributed by atoms with Crippen LogP contribution in [0.1, 0.15) is 81.6 Å². The first kappa shape index (κ1) is 86.7. The second-order valence-electron chi connectivity index (χ2n) is 25.3. The maximum Gasteiger partial charge on any atom is 1.00 e. The van der Waals surface area contributed by atoms with Gasteiger partial charge in [-0.15, -0.1) is 17.2 Å². The van der Waals surface area contributed by atoms with E-state index in [1.165, 1.54) is 20.0 Å². The Morgan fingerprint density at radius 3 is 1.51 bits per heavy atom. The predicted octanol–water partition coefficient (Wildman–Crippen LogP) is 5.37. The van der Waals surface area contributed by atoms with Gasteiger partial charge in [-0.25, -0.2) is 14.2 Å². The number of carbonyl (C=O) groups excluding carboxylic acids is 5. The molecule has 0 saturated carbocycles. The van der Waals surface area contributed by atoms with Gasteiger partial charge in [0, 0.05) is 112 Å². The van der Waals surface area contributed by atoms with Crippen LogP contribution in [0.4, 0.5) is 0 Å². The molecule has 103 heavy (non-hydrogen) atoms. The summed E-state index contributed by atoms with van der Waals surface area (Å²) in [6, 6.07) is 42.4. The molecule has 4 aromatic carbocycles. The van der Waals surface area contributed by atoms with Crippen molar-refractivity contribution in [3.63, 3.8) is 0 Å². The Kier molecular flexibility index (Phi) is 37.1. The zero-order valence-electron chi connectivity index (χ0n) is 62.2. The number of esters is 1. The molecule has 0 unspecified atom stereocenters. The third kappa shape index (κ3) is 26.6. The van der Waals surface area contributed by atoms with Crippen molar-refractivity contribution < 1.29 is 121 Å². The molecule has 1 saturated heterocycles. The van der Waals surface area contributed by atoms with E-state index in [-0.39, 0.29) is 94.7 Å². The molecule has 534 valence electrons. The zero-order valence-corrected chi connectivity index (χ0v) is 68.7. The van der Waals surface area contributed by atoms with Gasteiger partial charge in [-0.05, 0) is 171 Å². The molecule has 13 rings (SSSR count). The molecule has 11 aromatic rings. The van der Waals surface area contributed by atoms with Crippen LogP contribution in [0, 0.1) is 0 Å². The SMILES string of the molecule is Brc1cccnc1.C1CCOC1.CC(C)(C)[O-].CN(C)CCCCl.CN(C)CCCn1cc(C2=C(c3nn(-c4cccnc4)c4ccccc34)C(=O)NC2=O)c2ccccc21.COC(=O)C(=O)c1cn(CCCN(C)C)c2ccccc12.NC(=O)Cc1nn(-c2cccnc2)c2ccccc12.[H-].[K+].[Na+]. The minimum Gasteiger partial charge on any atom is -1.00 e. The Balaban J connectivity index is 0.000000292. The number of ether oxygens (including phenoxy) is 2. The number of hydrogen-bond acceptors (Lipinski definition) is 16. The van der Waals surface area contributed by atoms with Gasteiger partial charge in [0.25, 0.3) is 17.6 Å². The number of primary amides is 1. The Morgan fingerprint density at radius 2 is 1.07 bits per heavy atom. The number of para-hydroxylation sites is 4. The van der Waals surface area contributed by atoms with Crippen LogP contribution in [0.25, 0.3) is 66.1 Å². The third-order valence-electron chi connectivity index (χ3n) is 15.2. The van der Waals surface area contributed by atoms with Crippen LogP contribution < -0.4 is 97.1 Å². The van der Waals surface area contributed by atoms with Crippen LogP contribution in [-0.2, 0) is 48.2 Å². The number of pyridine rings is 3. The van der Waals surface area contributed by atoms with Crippen LogP contribution in [0.15, 0.2) is 188 Å². The summed E-state index contributed by atoms with van der Waals surface area (Å²) in [6.07, 6.45) is 19.8. The molecule has 2 aliphatic rings. The molecule has 0 radical (unpaired) electrons. The van der Waals surface area contributed by atoms with Gasteiger partial charge in [-0.3, -0.25) is 39.4 Å². The summed E-state index contributed by atoms with van der Waals surface area (Å²) in [5.74, 6) is -1.88. The second-order valence-corrected chi connectivity index (χ2v) is 26.6. The number of methoxy groups -OCH3 is 1. The number of nitrogens with two attached hydrogens (primary N) is 1. The first-order valence-electron chi connectivity index (χ1n) is 33.3. The molecule has 0 aliphatic carbocycles. The molecule has 1 fully saturated rings. The molecule has 3 amide bonds. The summed E-state index contributed by atoms with van der Waals surface area (Å²) < 4.78 is 18.2. The maximum atomic E-state index is 13.3. The van der Waals surface area contributed by atoms with E-state index < -0.39 is 29.2 Å². The van der Waals surface area contributed by atoms with Crippen LogP contribution >= 0.6 is 27.5 Å². The van der Waals surface area contributed by atoms with Crippen molar-refractivity contribution in [1.82, 2.24) is 63.7 Å². The second kappa shape index (κ2) is 44.1. The van der Waals surface area contributed by atoms with Crippen molar-refractivity contribution in [2.75, 3.05) is 88.1 Å². The number of ketones is 1. The summed E-state index contributed by atoms with van der Waals surface area (Å²) in [5.41, 5.74) is 12.8. The molecule has 0 spiro atoms. The van der Waals surface area contributed by atoms with E-state index in [1.54, 1.807) is 73.5 Å². The van der Waals surface area contributed by atoms with E-state index in [0.717, 1.165) is 136 Å². The molecule has 9 heterocycles. The fourth-order valence-corrected chi connectivity index (χ4v) is 11.1. The van der Waals surface area contributed by atoms with Crippen molar-refractivity contribution in [2.24, 2.45) is 5.73 Å². The number of benzene rings is 4. The molecule has 26 heteroatoms. The Bertz CT molecular complexity index is 4510. The fourth-order valence-electron chi connectivity index (χ4n) is 10.8. The van der Waals surface area contributed by atoms with Crippen molar-refractivity contribution in [2.45, 2.75) is 78.0 Å². The van der Waals surface area contributed by atoms with Gasteiger partial charge in [0.05, 0.1) is 70.7 Å². The summed E-state index contributed by atoms with van der Waals surface area (Å²) in [6.45, 7) is 11.5. The minimum absolute atomic E-state index is 0. The Labute approximate surface area is 682 Å².